The average molecular weight is 504 g/mol. The van der Waals surface area contributed by atoms with Crippen LogP contribution in [0.4, 0.5) is 0 Å². The van der Waals surface area contributed by atoms with Crippen LogP contribution in [0.3, 0.4) is 0 Å². The second-order valence-corrected chi connectivity index (χ2v) is 13.2. The van der Waals surface area contributed by atoms with Gasteiger partial charge in [-0.2, -0.15) is 5.48 Å². The number of esters is 1. The van der Waals surface area contributed by atoms with E-state index < -0.39 is 35.2 Å². The Labute approximate surface area is 212 Å². The molecule has 8 heteroatoms. The van der Waals surface area contributed by atoms with Gasteiger partial charge in [0.05, 0.1) is 29.7 Å². The number of Topliss-reactive ketones (excluding diaryl/α,β-unsaturated/α-hetero) is 1. The van der Waals surface area contributed by atoms with Crippen LogP contribution in [-0.2, 0) is 19.2 Å². The Morgan fingerprint density at radius 3 is 2.56 bits per heavy atom. The number of hydrogen-bond donors (Lipinski definition) is 4. The van der Waals surface area contributed by atoms with Crippen LogP contribution in [0, 0.1) is 40.4 Å². The lowest BCUT2D eigenvalue weighted by Crippen LogP contribution is -2.74. The monoisotopic (exact) mass is 503 g/mol. The number of carbonyl (C=O) groups excluding carboxylic acids is 2. The number of ether oxygens (including phenoxy) is 1. The minimum absolute atomic E-state index is 0.0239. The standard InChI is InChI=1S/C28H41NO7/c1-13-9-21(35-25(34)16(13)12-30)14(2)17-5-6-18-15-10-23(32)28-24(33)20(29-36-28)11-22(31)27(28,4)19(15)7-8-26(17,18)3/h14-15,17-21,23-24,29-30,32-33H,5-12H2,1-4H3/t14-,15-,17+,18-,19-,20+,21+,23+,24-,26+,27-,28+/m0/s1. The molecule has 36 heavy (non-hydrogen) atoms. The quantitative estimate of drug-likeness (QED) is 0.431. The predicted octanol–water partition coefficient (Wildman–Crippen LogP) is 2.05. The SMILES string of the molecule is CC1=C(CO)C(=O)O[C@@H]([C@@H](C)[C@H]2CC[C@H]3[C@@H]4C[C@@H](O)[C@]56ON[C@H](CC(=O)[C@]5(C)[C@H]4CC[C@]23C)[C@@H]6O)C1. The first kappa shape index (κ1) is 25.0. The number of hydrogen-bond acceptors (Lipinski definition) is 8. The van der Waals surface area contributed by atoms with E-state index in [0.717, 1.165) is 31.3 Å². The van der Waals surface area contributed by atoms with Crippen molar-refractivity contribution in [2.75, 3.05) is 6.61 Å². The molecule has 8 nitrogen and oxygen atoms in total. The Morgan fingerprint density at radius 2 is 1.86 bits per heavy atom. The highest BCUT2D eigenvalue weighted by molar-refractivity contribution is 5.90. The van der Waals surface area contributed by atoms with E-state index in [4.69, 9.17) is 9.57 Å². The highest BCUT2D eigenvalue weighted by Crippen LogP contribution is 2.69. The number of nitrogens with one attached hydrogen (secondary N) is 1. The molecule has 6 aliphatic rings. The fourth-order valence-electron chi connectivity index (χ4n) is 10.2. The van der Waals surface area contributed by atoms with E-state index in [-0.39, 0.29) is 48.1 Å². The van der Waals surface area contributed by atoms with Gasteiger partial charge < -0.3 is 20.1 Å². The van der Waals surface area contributed by atoms with Crippen molar-refractivity contribution in [3.8, 4) is 0 Å². The Balaban J connectivity index is 1.29. The Bertz CT molecular complexity index is 1010. The maximum absolute atomic E-state index is 13.6. The molecule has 0 aromatic rings. The number of cyclic esters (lactones) is 1. The Hall–Kier alpha value is -1.32. The van der Waals surface area contributed by atoms with E-state index >= 15 is 0 Å². The lowest BCUT2D eigenvalue weighted by Gasteiger charge is -2.64. The molecule has 0 radical (unpaired) electrons. The van der Waals surface area contributed by atoms with Gasteiger partial charge >= 0.3 is 5.97 Å². The third-order valence-corrected chi connectivity index (χ3v) is 12.1. The second-order valence-electron chi connectivity index (χ2n) is 13.2. The lowest BCUT2D eigenvalue weighted by atomic mass is 9.41. The van der Waals surface area contributed by atoms with Crippen LogP contribution in [-0.4, -0.2) is 63.6 Å². The molecule has 4 saturated carbocycles. The van der Waals surface area contributed by atoms with Crippen LogP contribution in [0.5, 0.6) is 0 Å². The number of rotatable bonds is 3. The zero-order valence-electron chi connectivity index (χ0n) is 21.8. The maximum Gasteiger partial charge on any atom is 0.336 e. The van der Waals surface area contributed by atoms with Crippen molar-refractivity contribution in [3.63, 3.8) is 0 Å². The number of fused-ring (bicyclic) bond motifs is 5. The summed E-state index contributed by atoms with van der Waals surface area (Å²) in [6, 6.07) is -0.454. The van der Waals surface area contributed by atoms with Crippen molar-refractivity contribution in [2.45, 2.75) is 103 Å². The van der Waals surface area contributed by atoms with Gasteiger partial charge in [0.2, 0.25) is 0 Å². The van der Waals surface area contributed by atoms with Crippen LogP contribution >= 0.6 is 0 Å². The summed E-state index contributed by atoms with van der Waals surface area (Å²) in [5.41, 5.74) is 1.99. The molecule has 4 aliphatic carbocycles. The zero-order chi connectivity index (χ0) is 25.8. The molecule has 200 valence electrons. The molecule has 0 aromatic carbocycles. The largest absolute Gasteiger partial charge is 0.458 e. The summed E-state index contributed by atoms with van der Waals surface area (Å²) in [7, 11) is 0. The van der Waals surface area contributed by atoms with Crippen LogP contribution in [0.15, 0.2) is 11.1 Å². The van der Waals surface area contributed by atoms with Crippen molar-refractivity contribution in [1.82, 2.24) is 5.48 Å². The van der Waals surface area contributed by atoms with E-state index in [0.29, 0.717) is 30.3 Å². The first-order valence-electron chi connectivity index (χ1n) is 13.8. The van der Waals surface area contributed by atoms with E-state index in [1.54, 1.807) is 0 Å². The first-order valence-corrected chi connectivity index (χ1v) is 13.8. The van der Waals surface area contributed by atoms with Crippen LogP contribution < -0.4 is 5.48 Å². The normalized spacial score (nSPS) is 53.0. The van der Waals surface area contributed by atoms with Gasteiger partial charge in [-0.3, -0.25) is 9.63 Å². The summed E-state index contributed by atoms with van der Waals surface area (Å²) < 4.78 is 5.84. The van der Waals surface area contributed by atoms with Crippen LogP contribution in [0.1, 0.15) is 72.6 Å². The molecule has 12 atom stereocenters. The Morgan fingerprint density at radius 1 is 1.11 bits per heavy atom. The average Bonchev–Trinajstić information content (AvgIpc) is 3.31. The van der Waals surface area contributed by atoms with Gasteiger partial charge in [-0.15, -0.1) is 0 Å². The number of aliphatic hydroxyl groups excluding tert-OH is 3. The molecule has 1 spiro atoms. The summed E-state index contributed by atoms with van der Waals surface area (Å²) >= 11 is 0. The van der Waals surface area contributed by atoms with E-state index in [1.807, 2.05) is 13.8 Å². The molecule has 0 aromatic heterocycles. The molecule has 0 unspecified atom stereocenters. The highest BCUT2D eigenvalue weighted by atomic mass is 16.7. The molecule has 0 amide bonds. The first-order chi connectivity index (χ1) is 17.0. The number of hydroxylamine groups is 1. The Kier molecular flexibility index (Phi) is 5.61. The van der Waals surface area contributed by atoms with E-state index in [1.165, 1.54) is 0 Å². The molecule has 2 heterocycles. The molecule has 2 aliphatic heterocycles. The summed E-state index contributed by atoms with van der Waals surface area (Å²) in [6.07, 6.45) is 3.28. The summed E-state index contributed by atoms with van der Waals surface area (Å²) in [4.78, 5) is 32.1. The number of aliphatic hydroxyl groups is 3. The van der Waals surface area contributed by atoms with Gasteiger partial charge in [0.25, 0.3) is 0 Å². The van der Waals surface area contributed by atoms with Gasteiger partial charge in [-0.1, -0.05) is 19.4 Å². The van der Waals surface area contributed by atoms with Crippen molar-refractivity contribution >= 4 is 11.8 Å². The molecule has 5 fully saturated rings. The van der Waals surface area contributed by atoms with Gasteiger partial charge in [0, 0.05) is 12.8 Å². The summed E-state index contributed by atoms with van der Waals surface area (Å²) in [6.45, 7) is 8.14. The van der Waals surface area contributed by atoms with Gasteiger partial charge in [-0.05, 0) is 81.0 Å². The number of carbonyl (C=O) groups is 2. The van der Waals surface area contributed by atoms with Crippen molar-refractivity contribution in [3.05, 3.63) is 11.1 Å². The topological polar surface area (TPSA) is 125 Å². The van der Waals surface area contributed by atoms with Crippen molar-refractivity contribution < 1.29 is 34.5 Å². The second kappa shape index (κ2) is 8.09. The summed E-state index contributed by atoms with van der Waals surface area (Å²) in [5, 5.41) is 32.2. The molecule has 1 saturated heterocycles. The molecule has 2 bridgehead atoms. The van der Waals surface area contributed by atoms with Crippen LogP contribution in [0.2, 0.25) is 0 Å². The van der Waals surface area contributed by atoms with Gasteiger partial charge in [0.1, 0.15) is 18.0 Å². The lowest BCUT2D eigenvalue weighted by molar-refractivity contribution is -0.271. The maximum atomic E-state index is 13.6. The zero-order valence-corrected chi connectivity index (χ0v) is 21.8. The third-order valence-electron chi connectivity index (χ3n) is 12.1. The van der Waals surface area contributed by atoms with Gasteiger partial charge in [0.15, 0.2) is 5.60 Å². The molecular weight excluding hydrogens is 462 g/mol. The fourth-order valence-corrected chi connectivity index (χ4v) is 10.2. The smallest absolute Gasteiger partial charge is 0.336 e. The third kappa shape index (κ3) is 2.88. The van der Waals surface area contributed by atoms with E-state index in [2.05, 4.69) is 19.3 Å². The van der Waals surface area contributed by atoms with Crippen molar-refractivity contribution in [2.24, 2.45) is 40.4 Å². The fraction of sp³-hybridized carbons (Fsp3) is 0.857. The van der Waals surface area contributed by atoms with Crippen LogP contribution in [0.25, 0.3) is 0 Å². The molecule has 4 N–H and O–H groups in total. The van der Waals surface area contributed by atoms with E-state index in [9.17, 15) is 24.9 Å². The highest BCUT2D eigenvalue weighted by Gasteiger charge is 2.77. The minimum Gasteiger partial charge on any atom is -0.458 e. The molecular formula is C28H41NO7. The predicted molar refractivity (Wildman–Crippen MR) is 129 cm³/mol. The number of ketones is 1. The molecule has 6 rings (SSSR count). The van der Waals surface area contributed by atoms with Gasteiger partial charge in [-0.25, -0.2) is 4.79 Å². The summed E-state index contributed by atoms with van der Waals surface area (Å²) in [5.74, 6) is 0.834. The minimum atomic E-state index is -1.28. The van der Waals surface area contributed by atoms with Crippen molar-refractivity contribution in [1.29, 1.82) is 0 Å².